The van der Waals surface area contributed by atoms with Crippen molar-refractivity contribution in [3.63, 3.8) is 0 Å². The van der Waals surface area contributed by atoms with E-state index in [4.69, 9.17) is 11.8 Å². The quantitative estimate of drug-likeness (QED) is 0.519. The second-order valence-corrected chi connectivity index (χ2v) is 4.23. The predicted octanol–water partition coefficient (Wildman–Crippen LogP) is 4.78. The number of allylic oxidation sites excluding steroid dienone is 3. The number of rotatable bonds is 2. The summed E-state index contributed by atoms with van der Waals surface area (Å²) in [5.74, 6) is -12.8. The smallest absolute Gasteiger partial charge is 0.236 e. The third-order valence-corrected chi connectivity index (χ3v) is 2.87. The monoisotopic (exact) mass is 352 g/mol. The average Bonchev–Trinajstić information content (AvgIpc) is 2.75. The normalized spacial score (nSPS) is 17.4. The summed E-state index contributed by atoms with van der Waals surface area (Å²) in [4.78, 5) is 2.17. The molecule has 12 heteroatoms. The molecule has 0 radical (unpaired) electrons. The molecule has 1 aliphatic rings. The fraction of sp³-hybridized carbons (Fsp3) is 0.455. The molecule has 0 aromatic carbocycles. The Morgan fingerprint density at radius 3 is 1.70 bits per heavy atom. The highest BCUT2D eigenvalue weighted by molar-refractivity contribution is 5.60. The molecule has 0 saturated carbocycles. The van der Waals surface area contributed by atoms with Crippen molar-refractivity contribution in [1.82, 2.24) is 0 Å². The molecule has 2 nitrogen and oxygen atoms in total. The lowest BCUT2D eigenvalue weighted by Crippen LogP contribution is -2.53. The Bertz CT molecular complexity index is 663. The minimum absolute atomic E-state index is 0.674. The Balaban J connectivity index is 3.59. The summed E-state index contributed by atoms with van der Waals surface area (Å²) in [5.41, 5.74) is -8.01. The summed E-state index contributed by atoms with van der Waals surface area (Å²) in [6.07, 6.45) is -14.3. The van der Waals surface area contributed by atoms with Crippen molar-refractivity contribution in [3.05, 3.63) is 33.8 Å². The van der Waals surface area contributed by atoms with Crippen LogP contribution in [0.15, 0.2) is 22.4 Å². The van der Waals surface area contributed by atoms with Crippen LogP contribution in [0, 0.1) is 17.9 Å². The molecule has 0 aromatic rings. The SMILES string of the molecule is [C-]#[N+]C1=C(C(F)(F)F)CC(C(F)(F)C(F)(F)C(F)(F)F)=C1C#N. The molecule has 1 rings (SSSR count). The van der Waals surface area contributed by atoms with Gasteiger partial charge in [-0.25, -0.2) is 4.85 Å². The molecule has 0 amide bonds. The number of halogens is 10. The van der Waals surface area contributed by atoms with Crippen LogP contribution in [0.5, 0.6) is 0 Å². The standard InChI is InChI=1S/C11H2F10N2/c1-23-7-4(3-22)5(2-6(7)9(14,15)16)8(12,13)10(17,18)11(19,20)21/h2H2. The molecule has 126 valence electrons. The van der Waals surface area contributed by atoms with E-state index in [0.29, 0.717) is 6.07 Å². The van der Waals surface area contributed by atoms with Crippen molar-refractivity contribution < 1.29 is 43.9 Å². The second-order valence-electron chi connectivity index (χ2n) is 4.23. The molecule has 0 bridgehead atoms. The summed E-state index contributed by atoms with van der Waals surface area (Å²) in [5, 5.41) is 8.54. The topological polar surface area (TPSA) is 28.1 Å². The van der Waals surface area contributed by atoms with Gasteiger partial charge in [0.15, 0.2) is 0 Å². The number of hydrogen-bond acceptors (Lipinski definition) is 1. The first-order valence-electron chi connectivity index (χ1n) is 5.27. The van der Waals surface area contributed by atoms with Gasteiger partial charge in [0, 0.05) is 11.1 Å². The Hall–Kier alpha value is -2.24. The van der Waals surface area contributed by atoms with E-state index in [2.05, 4.69) is 4.85 Å². The zero-order valence-electron chi connectivity index (χ0n) is 10.4. The molecular weight excluding hydrogens is 350 g/mol. The fourth-order valence-electron chi connectivity index (χ4n) is 1.76. The van der Waals surface area contributed by atoms with E-state index < -0.39 is 53.0 Å². The van der Waals surface area contributed by atoms with Crippen LogP contribution in [0.3, 0.4) is 0 Å². The van der Waals surface area contributed by atoms with Crippen LogP contribution in [0.25, 0.3) is 4.85 Å². The van der Waals surface area contributed by atoms with Gasteiger partial charge >= 0.3 is 24.2 Å². The number of nitriles is 1. The minimum atomic E-state index is -6.77. The van der Waals surface area contributed by atoms with E-state index in [0.717, 1.165) is 0 Å². The van der Waals surface area contributed by atoms with Crippen molar-refractivity contribution in [2.45, 2.75) is 30.6 Å². The molecule has 0 N–H and O–H groups in total. The highest BCUT2D eigenvalue weighted by Crippen LogP contribution is 2.55. The largest absolute Gasteiger partial charge is 0.460 e. The lowest BCUT2D eigenvalue weighted by atomic mass is 9.96. The Morgan fingerprint density at radius 2 is 1.39 bits per heavy atom. The molecule has 0 aromatic heterocycles. The van der Waals surface area contributed by atoms with Gasteiger partial charge in [0.05, 0.1) is 18.2 Å². The summed E-state index contributed by atoms with van der Waals surface area (Å²) < 4.78 is 127. The highest BCUT2D eigenvalue weighted by Gasteiger charge is 2.75. The molecule has 0 unspecified atom stereocenters. The van der Waals surface area contributed by atoms with E-state index in [9.17, 15) is 43.9 Å². The first kappa shape index (κ1) is 18.8. The van der Waals surface area contributed by atoms with Gasteiger partial charge in [-0.1, -0.05) is 0 Å². The molecule has 0 atom stereocenters. The Kier molecular flexibility index (Phi) is 4.21. The molecule has 0 saturated heterocycles. The molecule has 0 heterocycles. The van der Waals surface area contributed by atoms with Gasteiger partial charge in [-0.05, 0) is 6.42 Å². The van der Waals surface area contributed by atoms with Crippen molar-refractivity contribution >= 4 is 0 Å². The van der Waals surface area contributed by atoms with Gasteiger partial charge in [0.25, 0.3) is 0 Å². The maximum Gasteiger partial charge on any atom is 0.460 e. The van der Waals surface area contributed by atoms with E-state index in [1.807, 2.05) is 0 Å². The van der Waals surface area contributed by atoms with Gasteiger partial charge in [-0.15, -0.1) is 0 Å². The molecule has 1 aliphatic carbocycles. The van der Waals surface area contributed by atoms with Gasteiger partial charge in [-0.2, -0.15) is 49.2 Å². The molecule has 0 spiro atoms. The first-order valence-corrected chi connectivity index (χ1v) is 5.27. The average molecular weight is 352 g/mol. The predicted molar refractivity (Wildman–Crippen MR) is 52.9 cm³/mol. The van der Waals surface area contributed by atoms with Crippen molar-refractivity contribution in [1.29, 1.82) is 5.26 Å². The van der Waals surface area contributed by atoms with Crippen molar-refractivity contribution in [3.8, 4) is 6.07 Å². The third-order valence-electron chi connectivity index (χ3n) is 2.87. The number of hydrogen-bond donors (Lipinski definition) is 0. The highest BCUT2D eigenvalue weighted by atomic mass is 19.4. The van der Waals surface area contributed by atoms with Gasteiger partial charge in [-0.3, -0.25) is 0 Å². The molecule has 0 aliphatic heterocycles. The van der Waals surface area contributed by atoms with Gasteiger partial charge < -0.3 is 0 Å². The second kappa shape index (κ2) is 5.15. The number of nitrogens with zero attached hydrogens (tertiary/aromatic N) is 2. The van der Waals surface area contributed by atoms with E-state index >= 15 is 0 Å². The lowest BCUT2D eigenvalue weighted by Gasteiger charge is -2.29. The molecule has 0 fully saturated rings. The Labute approximate surface area is 121 Å². The van der Waals surface area contributed by atoms with Crippen LogP contribution >= 0.6 is 0 Å². The van der Waals surface area contributed by atoms with E-state index in [1.54, 1.807) is 0 Å². The lowest BCUT2D eigenvalue weighted by molar-refractivity contribution is -0.344. The number of alkyl halides is 10. The zero-order valence-corrected chi connectivity index (χ0v) is 10.4. The third kappa shape index (κ3) is 2.73. The van der Waals surface area contributed by atoms with Crippen LogP contribution < -0.4 is 0 Å². The minimum Gasteiger partial charge on any atom is -0.236 e. The van der Waals surface area contributed by atoms with Crippen LogP contribution in [-0.2, 0) is 0 Å². The van der Waals surface area contributed by atoms with Gasteiger partial charge in [0.2, 0.25) is 5.70 Å². The molecular formula is C11H2F10N2. The van der Waals surface area contributed by atoms with E-state index in [-0.39, 0.29) is 0 Å². The maximum atomic E-state index is 13.5. The van der Waals surface area contributed by atoms with Crippen LogP contribution in [0.4, 0.5) is 43.9 Å². The maximum absolute atomic E-state index is 13.5. The Morgan fingerprint density at radius 1 is 0.913 bits per heavy atom. The zero-order chi connectivity index (χ0) is 18.4. The van der Waals surface area contributed by atoms with Crippen molar-refractivity contribution in [2.75, 3.05) is 0 Å². The van der Waals surface area contributed by atoms with Gasteiger partial charge in [0.1, 0.15) is 0 Å². The van der Waals surface area contributed by atoms with Crippen LogP contribution in [-0.4, -0.2) is 24.2 Å². The van der Waals surface area contributed by atoms with E-state index in [1.165, 1.54) is 0 Å². The summed E-state index contributed by atoms with van der Waals surface area (Å²) in [7, 11) is 0. The van der Waals surface area contributed by atoms with Crippen LogP contribution in [0.2, 0.25) is 0 Å². The molecule has 23 heavy (non-hydrogen) atoms. The summed E-state index contributed by atoms with van der Waals surface area (Å²) in [6, 6.07) is 0.674. The van der Waals surface area contributed by atoms with Crippen molar-refractivity contribution in [2.24, 2.45) is 0 Å². The fourth-order valence-corrected chi connectivity index (χ4v) is 1.76. The van der Waals surface area contributed by atoms with Crippen LogP contribution in [0.1, 0.15) is 6.42 Å². The summed E-state index contributed by atoms with van der Waals surface area (Å²) >= 11 is 0. The summed E-state index contributed by atoms with van der Waals surface area (Å²) in [6.45, 7) is 6.44. The first-order chi connectivity index (χ1) is 10.1.